The fourth-order valence-corrected chi connectivity index (χ4v) is 10.8. The molecule has 0 spiro atoms. The molecule has 3 fully saturated rings. The summed E-state index contributed by atoms with van der Waals surface area (Å²) < 4.78 is 11.7. The number of amides is 2. The van der Waals surface area contributed by atoms with E-state index in [0.717, 1.165) is 33.2 Å². The second kappa shape index (κ2) is 9.88. The summed E-state index contributed by atoms with van der Waals surface area (Å²) in [5.74, 6) is 0.666. The van der Waals surface area contributed by atoms with Gasteiger partial charge >= 0.3 is 4.87 Å². The van der Waals surface area contributed by atoms with Gasteiger partial charge in [-0.3, -0.25) is 19.3 Å². The zero-order chi connectivity index (χ0) is 28.5. The summed E-state index contributed by atoms with van der Waals surface area (Å²) in [7, 11) is 1.59. The molecule has 42 heavy (non-hydrogen) atoms. The number of fused-ring (bicyclic) bond motifs is 9. The Kier molecular flexibility index (Phi) is 6.08. The number of H-pyrrole nitrogens is 1. The fourth-order valence-electron chi connectivity index (χ4n) is 7.96. The number of anilines is 1. The van der Waals surface area contributed by atoms with Crippen molar-refractivity contribution >= 4 is 40.6 Å². The maximum atomic E-state index is 14.0. The first-order valence-corrected chi connectivity index (χ1v) is 15.9. The molecule has 2 amide bonds. The smallest absolute Gasteiger partial charge is 0.305 e. The molecule has 0 unspecified atom stereocenters. The van der Waals surface area contributed by atoms with Gasteiger partial charge < -0.3 is 14.5 Å². The molecule has 3 heterocycles. The molecule has 2 aliphatic carbocycles. The topological polar surface area (TPSA) is 88.7 Å². The van der Waals surface area contributed by atoms with E-state index in [1.54, 1.807) is 43.1 Å². The van der Waals surface area contributed by atoms with Gasteiger partial charge in [-0.1, -0.05) is 59.9 Å². The van der Waals surface area contributed by atoms with Crippen molar-refractivity contribution in [2.24, 2.45) is 29.6 Å². The number of nitrogens with zero attached hydrogens (tertiary/aromatic N) is 1. The summed E-state index contributed by atoms with van der Waals surface area (Å²) in [5.41, 5.74) is 2.70. The maximum absolute atomic E-state index is 14.0. The number of carbonyl (C=O) groups is 2. The molecule has 2 saturated carbocycles. The number of ether oxygens (including phenoxy) is 2. The van der Waals surface area contributed by atoms with Gasteiger partial charge in [0.1, 0.15) is 18.1 Å². The van der Waals surface area contributed by atoms with E-state index in [0.29, 0.717) is 18.0 Å². The minimum absolute atomic E-state index is 0.0368. The predicted octanol–water partition coefficient (Wildman–Crippen LogP) is 5.70. The number of methoxy groups -OCH3 is 1. The normalized spacial score (nSPS) is 28.9. The van der Waals surface area contributed by atoms with E-state index in [4.69, 9.17) is 9.47 Å². The summed E-state index contributed by atoms with van der Waals surface area (Å²) in [6.45, 7) is 0.435. The number of carbonyl (C=O) groups excluding carboxylic acids is 2. The lowest BCUT2D eigenvalue weighted by molar-refractivity contribution is -0.123. The van der Waals surface area contributed by atoms with Gasteiger partial charge in [-0.25, -0.2) is 0 Å². The minimum Gasteiger partial charge on any atom is -0.497 e. The Morgan fingerprint density at radius 3 is 2.36 bits per heavy atom. The summed E-state index contributed by atoms with van der Waals surface area (Å²) >= 11 is 2.95. The van der Waals surface area contributed by atoms with Crippen molar-refractivity contribution < 1.29 is 19.1 Å². The number of thioether (sulfide) groups is 1. The van der Waals surface area contributed by atoms with Crippen LogP contribution in [0.3, 0.4) is 0 Å². The van der Waals surface area contributed by atoms with Crippen LogP contribution in [0.25, 0.3) is 0 Å². The van der Waals surface area contributed by atoms with Crippen molar-refractivity contribution in [2.45, 2.75) is 29.2 Å². The number of hydrogen-bond donors (Lipinski definition) is 1. The van der Waals surface area contributed by atoms with Crippen LogP contribution >= 0.6 is 23.1 Å². The lowest BCUT2D eigenvalue weighted by atomic mass is 9.68. The lowest BCUT2D eigenvalue weighted by Gasteiger charge is -2.43. The monoisotopic (exact) mass is 596 g/mol. The molecule has 1 saturated heterocycles. The van der Waals surface area contributed by atoms with E-state index in [-0.39, 0.29) is 57.4 Å². The highest BCUT2D eigenvalue weighted by Gasteiger charge is 2.69. The number of nitrogens with one attached hydrogen (secondary N) is 1. The molecule has 7 atom stereocenters. The van der Waals surface area contributed by atoms with Crippen LogP contribution < -0.4 is 19.2 Å². The maximum Gasteiger partial charge on any atom is 0.305 e. The van der Waals surface area contributed by atoms with Crippen molar-refractivity contribution in [3.8, 4) is 11.5 Å². The van der Waals surface area contributed by atoms with Crippen LogP contribution in [-0.2, 0) is 16.2 Å². The van der Waals surface area contributed by atoms with Crippen molar-refractivity contribution in [1.29, 1.82) is 0 Å². The van der Waals surface area contributed by atoms with Crippen molar-refractivity contribution in [3.05, 3.63) is 105 Å². The molecular formula is C33H28N2O5S2. The molecule has 4 aromatic rings. The summed E-state index contributed by atoms with van der Waals surface area (Å²) in [6, 6.07) is 25.3. The first kappa shape index (κ1) is 25.9. The Bertz CT molecular complexity index is 1750. The van der Waals surface area contributed by atoms with E-state index in [2.05, 4.69) is 11.1 Å². The van der Waals surface area contributed by atoms with Crippen LogP contribution in [0.2, 0.25) is 0 Å². The molecule has 4 aliphatic rings. The molecule has 1 aromatic heterocycles. The number of benzene rings is 3. The van der Waals surface area contributed by atoms with Crippen molar-refractivity contribution in [2.75, 3.05) is 12.0 Å². The quantitative estimate of drug-likeness (QED) is 0.287. The predicted molar refractivity (Wildman–Crippen MR) is 161 cm³/mol. The van der Waals surface area contributed by atoms with Crippen LogP contribution in [0.5, 0.6) is 11.5 Å². The van der Waals surface area contributed by atoms with Crippen LogP contribution in [0.1, 0.15) is 28.3 Å². The molecule has 1 N–H and O–H groups in total. The Hall–Kier alpha value is -3.82. The van der Waals surface area contributed by atoms with Gasteiger partial charge in [-0.15, -0.1) is 11.8 Å². The van der Waals surface area contributed by atoms with Gasteiger partial charge in [0.05, 0.1) is 29.7 Å². The molecular weight excluding hydrogens is 569 g/mol. The van der Waals surface area contributed by atoms with Crippen molar-refractivity contribution in [1.82, 2.24) is 4.98 Å². The van der Waals surface area contributed by atoms with Crippen LogP contribution in [-0.4, -0.2) is 29.2 Å². The van der Waals surface area contributed by atoms with E-state index in [1.165, 1.54) is 16.2 Å². The third-order valence-corrected chi connectivity index (χ3v) is 12.1. The summed E-state index contributed by atoms with van der Waals surface area (Å²) in [5, 5.41) is 1.01. The Labute approximate surface area is 250 Å². The molecule has 212 valence electrons. The number of imide groups is 1. The van der Waals surface area contributed by atoms with Crippen molar-refractivity contribution in [3.63, 3.8) is 0 Å². The average molecular weight is 597 g/mol. The molecule has 2 aliphatic heterocycles. The van der Waals surface area contributed by atoms with Gasteiger partial charge in [-0.05, 0) is 60.1 Å². The molecule has 3 aromatic carbocycles. The zero-order valence-corrected chi connectivity index (χ0v) is 24.4. The van der Waals surface area contributed by atoms with Gasteiger partial charge in [0.15, 0.2) is 0 Å². The lowest BCUT2D eigenvalue weighted by Crippen LogP contribution is -2.42. The Balaban J connectivity index is 1.18. The number of thiazole rings is 1. The van der Waals surface area contributed by atoms with E-state index < -0.39 is 0 Å². The largest absolute Gasteiger partial charge is 0.497 e. The number of hydrogen-bond acceptors (Lipinski definition) is 7. The van der Waals surface area contributed by atoms with Crippen LogP contribution in [0.4, 0.5) is 5.69 Å². The minimum atomic E-state index is -0.358. The Morgan fingerprint density at radius 2 is 1.60 bits per heavy atom. The Morgan fingerprint density at radius 1 is 0.881 bits per heavy atom. The number of rotatable bonds is 6. The van der Waals surface area contributed by atoms with Crippen LogP contribution in [0, 0.1) is 29.6 Å². The van der Waals surface area contributed by atoms with Gasteiger partial charge in [-0.2, -0.15) is 0 Å². The summed E-state index contributed by atoms with van der Waals surface area (Å²) in [4.78, 5) is 46.0. The molecule has 0 radical (unpaired) electrons. The highest BCUT2D eigenvalue weighted by molar-refractivity contribution is 8.00. The van der Waals surface area contributed by atoms with E-state index >= 15 is 0 Å². The number of para-hydroxylation sites is 1. The number of aromatic amines is 1. The van der Waals surface area contributed by atoms with Gasteiger partial charge in [0.2, 0.25) is 11.8 Å². The van der Waals surface area contributed by atoms with Gasteiger partial charge in [0.25, 0.3) is 0 Å². The highest BCUT2D eigenvalue weighted by Crippen LogP contribution is 2.69. The second-order valence-corrected chi connectivity index (χ2v) is 13.7. The summed E-state index contributed by atoms with van der Waals surface area (Å²) in [6.07, 6.45) is 0.842. The molecule has 9 heteroatoms. The molecule has 7 nitrogen and oxygen atoms in total. The van der Waals surface area contributed by atoms with Crippen LogP contribution in [0.15, 0.2) is 88.7 Å². The van der Waals surface area contributed by atoms with E-state index in [1.807, 2.05) is 48.5 Å². The zero-order valence-electron chi connectivity index (χ0n) is 22.8. The molecule has 8 rings (SSSR count). The SMILES string of the molecule is COc1ccc(N2C(=O)[C@H]3[C@H]4C[C@@H]([C@@H]3C2=O)[C@H]2[C@H](c3ccccc3OCc3ccccc3)c3sc(=O)[nH]c3S[C@H]42)cc1. The molecule has 2 bridgehead atoms. The first-order valence-electron chi connectivity index (χ1n) is 14.2. The standard InChI is InChI=1S/C33H28N2O5S2/c1-39-19-13-11-18(12-14-19)35-31(36)26-21-15-22(27(26)32(35)37)28-25(21)24(29-30(41-28)34-33(38)42-29)20-9-5-6-10-23(20)40-16-17-7-3-2-4-8-17/h2-14,21-22,24-28H,15-16H2,1H3,(H,34,38)/t21-,22-,24+,25+,26+,27+,28-/m1/s1. The second-order valence-electron chi connectivity index (χ2n) is 11.5. The fraction of sp³-hybridized carbons (Fsp3) is 0.303. The third-order valence-electron chi connectivity index (χ3n) is 9.55. The van der Waals surface area contributed by atoms with Gasteiger partial charge in [0, 0.05) is 21.6 Å². The first-order chi connectivity index (χ1) is 20.5. The number of aromatic nitrogens is 1. The highest BCUT2D eigenvalue weighted by atomic mass is 32.2. The third kappa shape index (κ3) is 3.83. The average Bonchev–Trinajstić information content (AvgIpc) is 3.75. The van der Waals surface area contributed by atoms with E-state index in [9.17, 15) is 14.4 Å².